The van der Waals surface area contributed by atoms with Crippen molar-refractivity contribution in [1.29, 1.82) is 0 Å². The number of carbonyl (C=O) groups excluding carboxylic acids is 1. The number of hydrogen-bond donors (Lipinski definition) is 0. The highest BCUT2D eigenvalue weighted by atomic mass is 16.1. The Morgan fingerprint density at radius 3 is 2.44 bits per heavy atom. The second-order valence-electron chi connectivity index (χ2n) is 4.24. The van der Waals surface area contributed by atoms with Gasteiger partial charge in [-0.3, -0.25) is 4.79 Å². The fourth-order valence-corrected chi connectivity index (χ4v) is 2.22. The van der Waals surface area contributed by atoms with E-state index >= 15 is 0 Å². The van der Waals surface area contributed by atoms with Crippen molar-refractivity contribution in [2.24, 2.45) is 0 Å². The molecule has 4 heteroatoms. The Morgan fingerprint density at radius 1 is 1.12 bits per heavy atom. The van der Waals surface area contributed by atoms with E-state index in [1.54, 1.807) is 4.80 Å². The minimum Gasteiger partial charge on any atom is -0.297 e. The van der Waals surface area contributed by atoms with Crippen LogP contribution in [0.1, 0.15) is 31.7 Å². The molecule has 0 radical (unpaired) electrons. The predicted octanol–water partition coefficient (Wildman–Crippen LogP) is 2.12. The SMILES string of the molecule is O=C1CCCCC1n1nc2ccccc2n1. The molecule has 1 fully saturated rings. The second kappa shape index (κ2) is 3.70. The molecule has 1 unspecified atom stereocenters. The summed E-state index contributed by atoms with van der Waals surface area (Å²) in [6.07, 6.45) is 3.65. The maximum Gasteiger partial charge on any atom is 0.159 e. The summed E-state index contributed by atoms with van der Waals surface area (Å²) in [6, 6.07) is 7.58. The molecule has 1 aliphatic rings. The van der Waals surface area contributed by atoms with Crippen LogP contribution >= 0.6 is 0 Å². The van der Waals surface area contributed by atoms with Crippen LogP contribution in [0.4, 0.5) is 0 Å². The largest absolute Gasteiger partial charge is 0.297 e. The third-order valence-electron chi connectivity index (χ3n) is 3.10. The van der Waals surface area contributed by atoms with Gasteiger partial charge in [-0.15, -0.1) is 0 Å². The van der Waals surface area contributed by atoms with Crippen molar-refractivity contribution in [2.75, 3.05) is 0 Å². The van der Waals surface area contributed by atoms with E-state index in [4.69, 9.17) is 0 Å². The van der Waals surface area contributed by atoms with Crippen molar-refractivity contribution in [3.05, 3.63) is 24.3 Å². The molecule has 82 valence electrons. The Morgan fingerprint density at radius 2 is 1.81 bits per heavy atom. The van der Waals surface area contributed by atoms with Crippen molar-refractivity contribution < 1.29 is 4.79 Å². The zero-order valence-electron chi connectivity index (χ0n) is 8.97. The molecular formula is C12H13N3O. The molecule has 1 aromatic heterocycles. The molecule has 4 nitrogen and oxygen atoms in total. The number of nitrogens with zero attached hydrogens (tertiary/aromatic N) is 3. The first-order valence-corrected chi connectivity index (χ1v) is 5.69. The van der Waals surface area contributed by atoms with Crippen LogP contribution in [0.5, 0.6) is 0 Å². The van der Waals surface area contributed by atoms with E-state index in [0.717, 1.165) is 30.3 Å². The lowest BCUT2D eigenvalue weighted by molar-refractivity contribution is -0.124. The van der Waals surface area contributed by atoms with Crippen LogP contribution < -0.4 is 0 Å². The molecule has 0 bridgehead atoms. The lowest BCUT2D eigenvalue weighted by Crippen LogP contribution is -2.24. The Kier molecular flexibility index (Phi) is 2.20. The molecule has 1 saturated carbocycles. The zero-order valence-corrected chi connectivity index (χ0v) is 8.97. The topological polar surface area (TPSA) is 47.8 Å². The number of aromatic nitrogens is 3. The first-order valence-electron chi connectivity index (χ1n) is 5.69. The molecule has 0 aliphatic heterocycles. The quantitative estimate of drug-likeness (QED) is 0.732. The lowest BCUT2D eigenvalue weighted by Gasteiger charge is -2.18. The molecule has 2 aromatic rings. The van der Waals surface area contributed by atoms with Crippen molar-refractivity contribution in [3.63, 3.8) is 0 Å². The van der Waals surface area contributed by atoms with Gasteiger partial charge in [-0.1, -0.05) is 18.6 Å². The molecule has 0 N–H and O–H groups in total. The van der Waals surface area contributed by atoms with Crippen LogP contribution in [0, 0.1) is 0 Å². The summed E-state index contributed by atoms with van der Waals surface area (Å²) < 4.78 is 0. The molecule has 3 rings (SSSR count). The maximum absolute atomic E-state index is 11.8. The van der Waals surface area contributed by atoms with E-state index in [1.807, 2.05) is 24.3 Å². The second-order valence-corrected chi connectivity index (χ2v) is 4.24. The Hall–Kier alpha value is -1.71. The van der Waals surface area contributed by atoms with Crippen LogP contribution in [0.15, 0.2) is 24.3 Å². The Balaban J connectivity index is 2.01. The average Bonchev–Trinajstić information content (AvgIpc) is 2.73. The highest BCUT2D eigenvalue weighted by Crippen LogP contribution is 2.24. The normalized spacial score (nSPS) is 21.5. The van der Waals surface area contributed by atoms with Gasteiger partial charge in [-0.05, 0) is 25.0 Å². The molecule has 1 atom stereocenters. The molecular weight excluding hydrogens is 202 g/mol. The van der Waals surface area contributed by atoms with Gasteiger partial charge in [-0.25, -0.2) is 0 Å². The first-order chi connectivity index (χ1) is 7.84. The highest BCUT2D eigenvalue weighted by molar-refractivity contribution is 5.83. The number of carbonyl (C=O) groups is 1. The van der Waals surface area contributed by atoms with Crippen LogP contribution in [0.3, 0.4) is 0 Å². The number of ketones is 1. The number of Topliss-reactive ketones (excluding diaryl/α,β-unsaturated/α-hetero) is 1. The summed E-state index contributed by atoms with van der Waals surface area (Å²) in [5.74, 6) is 0.270. The van der Waals surface area contributed by atoms with Gasteiger partial charge in [0.05, 0.1) is 0 Å². The summed E-state index contributed by atoms with van der Waals surface area (Å²) >= 11 is 0. The van der Waals surface area contributed by atoms with Gasteiger partial charge in [0.15, 0.2) is 5.78 Å². The smallest absolute Gasteiger partial charge is 0.159 e. The average molecular weight is 215 g/mol. The van der Waals surface area contributed by atoms with Gasteiger partial charge in [0.2, 0.25) is 0 Å². The fourth-order valence-electron chi connectivity index (χ4n) is 2.22. The van der Waals surface area contributed by atoms with E-state index in [1.165, 1.54) is 0 Å². The van der Waals surface area contributed by atoms with Crippen LogP contribution in [-0.4, -0.2) is 20.8 Å². The fraction of sp³-hybridized carbons (Fsp3) is 0.417. The molecule has 1 aliphatic carbocycles. The molecule has 0 spiro atoms. The third kappa shape index (κ3) is 1.50. The summed E-state index contributed by atoms with van der Waals surface area (Å²) in [7, 11) is 0. The van der Waals surface area contributed by atoms with E-state index in [2.05, 4.69) is 10.2 Å². The van der Waals surface area contributed by atoms with Crippen LogP contribution in [0.2, 0.25) is 0 Å². The van der Waals surface area contributed by atoms with Crippen LogP contribution in [-0.2, 0) is 4.79 Å². The third-order valence-corrected chi connectivity index (χ3v) is 3.10. The first kappa shape index (κ1) is 9.51. The molecule has 1 heterocycles. The summed E-state index contributed by atoms with van der Waals surface area (Å²) in [4.78, 5) is 13.4. The molecule has 1 aromatic carbocycles. The summed E-state index contributed by atoms with van der Waals surface area (Å²) in [5.41, 5.74) is 1.72. The predicted molar refractivity (Wildman–Crippen MR) is 60.0 cm³/mol. The van der Waals surface area contributed by atoms with Gasteiger partial charge >= 0.3 is 0 Å². The minimum atomic E-state index is -0.138. The monoisotopic (exact) mass is 215 g/mol. The van der Waals surface area contributed by atoms with Crippen molar-refractivity contribution >= 4 is 16.8 Å². The van der Waals surface area contributed by atoms with Gasteiger partial charge in [0.1, 0.15) is 17.1 Å². The Bertz CT molecular complexity index is 499. The number of fused-ring (bicyclic) bond motifs is 1. The van der Waals surface area contributed by atoms with Crippen molar-refractivity contribution in [3.8, 4) is 0 Å². The minimum absolute atomic E-state index is 0.138. The summed E-state index contributed by atoms with van der Waals surface area (Å²) in [6.45, 7) is 0. The van der Waals surface area contributed by atoms with E-state index < -0.39 is 0 Å². The lowest BCUT2D eigenvalue weighted by atomic mass is 9.95. The summed E-state index contributed by atoms with van der Waals surface area (Å²) in [5, 5.41) is 8.74. The molecule has 0 amide bonds. The highest BCUT2D eigenvalue weighted by Gasteiger charge is 2.25. The molecule has 16 heavy (non-hydrogen) atoms. The van der Waals surface area contributed by atoms with Gasteiger partial charge in [-0.2, -0.15) is 15.0 Å². The van der Waals surface area contributed by atoms with Gasteiger partial charge in [0.25, 0.3) is 0 Å². The molecule has 0 saturated heterocycles. The number of benzene rings is 1. The maximum atomic E-state index is 11.8. The zero-order chi connectivity index (χ0) is 11.0. The van der Waals surface area contributed by atoms with E-state index in [0.29, 0.717) is 6.42 Å². The number of rotatable bonds is 1. The van der Waals surface area contributed by atoms with Crippen LogP contribution in [0.25, 0.3) is 11.0 Å². The van der Waals surface area contributed by atoms with Crippen molar-refractivity contribution in [2.45, 2.75) is 31.7 Å². The van der Waals surface area contributed by atoms with Gasteiger partial charge < -0.3 is 0 Å². The Labute approximate surface area is 93.3 Å². The van der Waals surface area contributed by atoms with E-state index in [-0.39, 0.29) is 11.8 Å². The van der Waals surface area contributed by atoms with Crippen molar-refractivity contribution in [1.82, 2.24) is 15.0 Å². The standard InChI is InChI=1S/C12H13N3O/c16-12-8-4-3-7-11(12)15-13-9-5-1-2-6-10(9)14-15/h1-2,5-6,11H,3-4,7-8H2. The van der Waals surface area contributed by atoms with Gasteiger partial charge in [0, 0.05) is 6.42 Å². The van der Waals surface area contributed by atoms with E-state index in [9.17, 15) is 4.79 Å². The number of hydrogen-bond acceptors (Lipinski definition) is 3.